The molecule has 16 heavy (non-hydrogen) atoms. The topological polar surface area (TPSA) is 18.5 Å². The van der Waals surface area contributed by atoms with Gasteiger partial charge >= 0.3 is 0 Å². The molecule has 0 aromatic heterocycles. The smallest absolute Gasteiger partial charge is 0.0107 e. The van der Waals surface area contributed by atoms with Crippen molar-refractivity contribution in [3.8, 4) is 0 Å². The summed E-state index contributed by atoms with van der Waals surface area (Å²) < 4.78 is 0. The predicted molar refractivity (Wildman–Crippen MR) is 70.9 cm³/mol. The van der Waals surface area contributed by atoms with Crippen LogP contribution in [0, 0.1) is 0 Å². The molecule has 0 aromatic carbocycles. The highest BCUT2D eigenvalue weighted by molar-refractivity contribution is 4.77. The monoisotopic (exact) mass is 227 g/mol. The van der Waals surface area contributed by atoms with Crippen molar-refractivity contribution in [3.05, 3.63) is 0 Å². The summed E-state index contributed by atoms with van der Waals surface area (Å²) in [5.41, 5.74) is 0. The van der Waals surface area contributed by atoms with Crippen molar-refractivity contribution in [1.29, 1.82) is 0 Å². The van der Waals surface area contributed by atoms with Crippen LogP contribution in [0.25, 0.3) is 0 Å². The van der Waals surface area contributed by atoms with E-state index in [1.54, 1.807) is 0 Å². The van der Waals surface area contributed by atoms with Gasteiger partial charge in [0.15, 0.2) is 0 Å². The molecular weight excluding hydrogens is 198 g/mol. The van der Waals surface area contributed by atoms with Gasteiger partial charge in [-0.25, -0.2) is 0 Å². The molecule has 0 spiro atoms. The van der Waals surface area contributed by atoms with Crippen molar-refractivity contribution in [2.45, 2.75) is 38.1 Å². The Kier molecular flexibility index (Phi) is 7.01. The maximum atomic E-state index is 3.27. The van der Waals surface area contributed by atoms with Gasteiger partial charge < -0.3 is 15.1 Å². The van der Waals surface area contributed by atoms with Gasteiger partial charge in [0, 0.05) is 6.04 Å². The van der Waals surface area contributed by atoms with Crippen molar-refractivity contribution < 1.29 is 0 Å². The Morgan fingerprint density at radius 2 is 2.12 bits per heavy atom. The van der Waals surface area contributed by atoms with Gasteiger partial charge in [-0.2, -0.15) is 0 Å². The molecule has 1 heterocycles. The van der Waals surface area contributed by atoms with Crippen molar-refractivity contribution in [1.82, 2.24) is 15.1 Å². The largest absolute Gasteiger partial charge is 0.320 e. The van der Waals surface area contributed by atoms with Crippen LogP contribution in [0.5, 0.6) is 0 Å². The highest BCUT2D eigenvalue weighted by atomic mass is 15.2. The molecule has 1 saturated heterocycles. The number of nitrogens with one attached hydrogen (secondary N) is 1. The van der Waals surface area contributed by atoms with Crippen LogP contribution >= 0.6 is 0 Å². The van der Waals surface area contributed by atoms with Gasteiger partial charge in [0.05, 0.1) is 0 Å². The number of hydrogen-bond acceptors (Lipinski definition) is 3. The molecule has 1 rings (SSSR count). The molecule has 3 heteroatoms. The molecule has 0 aromatic rings. The van der Waals surface area contributed by atoms with Crippen molar-refractivity contribution >= 4 is 0 Å². The number of piperidine rings is 1. The van der Waals surface area contributed by atoms with Gasteiger partial charge in [0.25, 0.3) is 0 Å². The number of rotatable bonds is 7. The fraction of sp³-hybridized carbons (Fsp3) is 1.00. The van der Waals surface area contributed by atoms with E-state index in [0.29, 0.717) is 0 Å². The van der Waals surface area contributed by atoms with Gasteiger partial charge in [-0.05, 0) is 73.0 Å². The summed E-state index contributed by atoms with van der Waals surface area (Å²) in [4.78, 5) is 5.00. The average Bonchev–Trinajstić information content (AvgIpc) is 2.27. The normalized spacial score (nSPS) is 22.9. The van der Waals surface area contributed by atoms with Crippen molar-refractivity contribution in [2.75, 3.05) is 47.3 Å². The third kappa shape index (κ3) is 5.28. The van der Waals surface area contributed by atoms with E-state index in [4.69, 9.17) is 0 Å². The molecule has 0 radical (unpaired) electrons. The molecule has 0 amide bonds. The van der Waals surface area contributed by atoms with Crippen LogP contribution in [-0.2, 0) is 0 Å². The Labute approximate surface area is 101 Å². The van der Waals surface area contributed by atoms with Crippen LogP contribution in [0.3, 0.4) is 0 Å². The summed E-state index contributed by atoms with van der Waals surface area (Å²) in [6.07, 6.45) is 6.86. The van der Waals surface area contributed by atoms with E-state index < -0.39 is 0 Å². The summed E-state index contributed by atoms with van der Waals surface area (Å²) >= 11 is 0. The first kappa shape index (κ1) is 13.9. The molecule has 0 aliphatic carbocycles. The minimum Gasteiger partial charge on any atom is -0.320 e. The van der Waals surface area contributed by atoms with Crippen molar-refractivity contribution in [3.63, 3.8) is 0 Å². The summed E-state index contributed by atoms with van der Waals surface area (Å²) in [6.45, 7) is 4.98. The highest BCUT2D eigenvalue weighted by Crippen LogP contribution is 2.19. The Hall–Kier alpha value is -0.120. The van der Waals surface area contributed by atoms with Crippen molar-refractivity contribution in [2.24, 2.45) is 0 Å². The second-order valence-electron chi connectivity index (χ2n) is 5.23. The zero-order valence-corrected chi connectivity index (χ0v) is 11.3. The minimum absolute atomic E-state index is 0.836. The molecule has 0 bridgehead atoms. The lowest BCUT2D eigenvalue weighted by Gasteiger charge is -2.36. The fourth-order valence-electron chi connectivity index (χ4n) is 2.58. The SMILES string of the molecule is CNCCC1CCCCN1CCCN(C)C. The standard InChI is InChI=1S/C13H29N3/c1-14-9-8-13-7-4-5-11-16(13)12-6-10-15(2)3/h13-14H,4-12H2,1-3H3. The summed E-state index contributed by atoms with van der Waals surface area (Å²) in [5, 5.41) is 3.27. The Bertz CT molecular complexity index is 171. The second kappa shape index (κ2) is 8.04. The Morgan fingerprint density at radius 1 is 1.31 bits per heavy atom. The Balaban J connectivity index is 2.23. The van der Waals surface area contributed by atoms with Crippen LogP contribution in [-0.4, -0.2) is 63.2 Å². The molecule has 1 atom stereocenters. The van der Waals surface area contributed by atoms with Gasteiger partial charge in [0.1, 0.15) is 0 Å². The molecule has 96 valence electrons. The first-order chi connectivity index (χ1) is 7.74. The first-order valence-corrected chi connectivity index (χ1v) is 6.77. The molecule has 1 unspecified atom stereocenters. The summed E-state index contributed by atoms with van der Waals surface area (Å²) in [6, 6.07) is 0.836. The van der Waals surface area contributed by atoms with Crippen LogP contribution in [0.15, 0.2) is 0 Å². The first-order valence-electron chi connectivity index (χ1n) is 6.77. The van der Waals surface area contributed by atoms with E-state index in [0.717, 1.165) is 12.6 Å². The molecule has 1 aliphatic heterocycles. The predicted octanol–water partition coefficient (Wildman–Crippen LogP) is 1.40. The zero-order valence-electron chi connectivity index (χ0n) is 11.3. The van der Waals surface area contributed by atoms with E-state index in [9.17, 15) is 0 Å². The van der Waals surface area contributed by atoms with E-state index in [-0.39, 0.29) is 0 Å². The number of nitrogens with zero attached hydrogens (tertiary/aromatic N) is 2. The summed E-state index contributed by atoms with van der Waals surface area (Å²) in [7, 11) is 6.38. The molecule has 3 nitrogen and oxygen atoms in total. The minimum atomic E-state index is 0.836. The van der Waals surface area contributed by atoms with Gasteiger partial charge in [0.2, 0.25) is 0 Å². The van der Waals surface area contributed by atoms with E-state index in [2.05, 4.69) is 36.3 Å². The van der Waals surface area contributed by atoms with Crippen LogP contribution in [0.4, 0.5) is 0 Å². The molecule has 0 saturated carbocycles. The van der Waals surface area contributed by atoms with Crippen LogP contribution in [0.1, 0.15) is 32.1 Å². The molecule has 1 N–H and O–H groups in total. The van der Waals surface area contributed by atoms with E-state index in [1.807, 2.05) is 0 Å². The molecule has 1 fully saturated rings. The lowest BCUT2D eigenvalue weighted by atomic mass is 9.99. The quantitative estimate of drug-likeness (QED) is 0.709. The lowest BCUT2D eigenvalue weighted by molar-refractivity contribution is 0.135. The number of hydrogen-bond donors (Lipinski definition) is 1. The third-order valence-electron chi connectivity index (χ3n) is 3.53. The third-order valence-corrected chi connectivity index (χ3v) is 3.53. The maximum Gasteiger partial charge on any atom is 0.0107 e. The van der Waals surface area contributed by atoms with Crippen LogP contribution < -0.4 is 5.32 Å². The van der Waals surface area contributed by atoms with Gasteiger partial charge in [-0.3, -0.25) is 0 Å². The fourth-order valence-corrected chi connectivity index (χ4v) is 2.58. The lowest BCUT2D eigenvalue weighted by Crippen LogP contribution is -2.42. The molecule has 1 aliphatic rings. The summed E-state index contributed by atoms with van der Waals surface area (Å²) in [5.74, 6) is 0. The molecular formula is C13H29N3. The van der Waals surface area contributed by atoms with Gasteiger partial charge in [-0.15, -0.1) is 0 Å². The van der Waals surface area contributed by atoms with Gasteiger partial charge in [-0.1, -0.05) is 6.42 Å². The van der Waals surface area contributed by atoms with E-state index in [1.165, 1.54) is 51.7 Å². The van der Waals surface area contributed by atoms with E-state index >= 15 is 0 Å². The average molecular weight is 227 g/mol. The van der Waals surface area contributed by atoms with Crippen LogP contribution in [0.2, 0.25) is 0 Å². The number of likely N-dealkylation sites (tertiary alicyclic amines) is 1. The highest BCUT2D eigenvalue weighted by Gasteiger charge is 2.20. The maximum absolute atomic E-state index is 3.27. The second-order valence-corrected chi connectivity index (χ2v) is 5.23. The zero-order chi connectivity index (χ0) is 11.8. The Morgan fingerprint density at radius 3 is 2.81 bits per heavy atom.